The van der Waals surface area contributed by atoms with Crippen molar-refractivity contribution in [3.8, 4) is 5.75 Å². The maximum Gasteiger partial charge on any atom is 0.298 e. The molecule has 0 unspecified atom stereocenters. The van der Waals surface area contributed by atoms with Crippen LogP contribution in [-0.2, 0) is 11.2 Å². The van der Waals surface area contributed by atoms with Crippen molar-refractivity contribution in [1.82, 2.24) is 0 Å². The molecule has 1 aromatic carbocycles. The second kappa shape index (κ2) is 14.7. The highest BCUT2D eigenvalue weighted by molar-refractivity contribution is 5.51. The number of carbonyl (C=O) groups is 1. The minimum absolute atomic E-state index is 0.545. The molecule has 1 radical (unpaired) electrons. The number of aryl methyl sites for hydroxylation is 1. The van der Waals surface area contributed by atoms with E-state index in [1.54, 1.807) is 0 Å². The van der Waals surface area contributed by atoms with Gasteiger partial charge in [0.1, 0.15) is 5.75 Å². The van der Waals surface area contributed by atoms with Crippen LogP contribution in [-0.4, -0.2) is 6.47 Å². The Labute approximate surface area is 173 Å². The van der Waals surface area contributed by atoms with Gasteiger partial charge in [-0.1, -0.05) is 103 Å². The average molecular weight is 386 g/mol. The van der Waals surface area contributed by atoms with Crippen molar-refractivity contribution in [3.63, 3.8) is 0 Å². The fraction of sp³-hybridized carbons (Fsp3) is 0.731. The SMILES string of the molecule is CCCCCCCCCCCCCc1cc[c]c(OC=O)c1C1CCCCC1. The van der Waals surface area contributed by atoms with Crippen LogP contribution < -0.4 is 4.74 Å². The summed E-state index contributed by atoms with van der Waals surface area (Å²) in [5.41, 5.74) is 2.67. The van der Waals surface area contributed by atoms with Crippen LogP contribution in [0.1, 0.15) is 127 Å². The van der Waals surface area contributed by atoms with Crippen LogP contribution in [0.4, 0.5) is 0 Å². The van der Waals surface area contributed by atoms with Gasteiger partial charge in [0.25, 0.3) is 6.47 Å². The summed E-state index contributed by atoms with van der Waals surface area (Å²) in [5, 5.41) is 0. The van der Waals surface area contributed by atoms with Crippen LogP contribution in [0.2, 0.25) is 0 Å². The number of hydrogen-bond donors (Lipinski definition) is 0. The first-order chi connectivity index (χ1) is 13.9. The maximum atomic E-state index is 10.9. The zero-order valence-electron chi connectivity index (χ0n) is 18.1. The maximum absolute atomic E-state index is 10.9. The lowest BCUT2D eigenvalue weighted by Crippen LogP contribution is -2.10. The molecular formula is C26H41O2. The summed E-state index contributed by atoms with van der Waals surface area (Å²) in [5.74, 6) is 1.23. The van der Waals surface area contributed by atoms with Crippen molar-refractivity contribution in [2.45, 2.75) is 122 Å². The lowest BCUT2D eigenvalue weighted by atomic mass is 9.80. The van der Waals surface area contributed by atoms with E-state index in [4.69, 9.17) is 4.74 Å². The van der Waals surface area contributed by atoms with Gasteiger partial charge in [-0.3, -0.25) is 4.79 Å². The predicted octanol–water partition coefficient (Wildman–Crippen LogP) is 7.92. The molecule has 1 fully saturated rings. The molecule has 0 saturated heterocycles. The molecule has 1 saturated carbocycles. The number of unbranched alkanes of at least 4 members (excludes halogenated alkanes) is 10. The smallest absolute Gasteiger partial charge is 0.298 e. The Morgan fingerprint density at radius 2 is 1.54 bits per heavy atom. The molecule has 1 aliphatic carbocycles. The molecule has 28 heavy (non-hydrogen) atoms. The highest BCUT2D eigenvalue weighted by Gasteiger charge is 2.22. The van der Waals surface area contributed by atoms with Crippen molar-refractivity contribution in [2.24, 2.45) is 0 Å². The predicted molar refractivity (Wildman–Crippen MR) is 118 cm³/mol. The number of carbonyl (C=O) groups excluding carboxylic acids is 1. The second-order valence-corrected chi connectivity index (χ2v) is 8.58. The largest absolute Gasteiger partial charge is 0.428 e. The third-order valence-corrected chi connectivity index (χ3v) is 6.32. The first kappa shape index (κ1) is 23.0. The molecule has 0 aromatic heterocycles. The van der Waals surface area contributed by atoms with Crippen molar-refractivity contribution >= 4 is 6.47 Å². The number of hydrogen-bond acceptors (Lipinski definition) is 2. The van der Waals surface area contributed by atoms with Gasteiger partial charge in [0.2, 0.25) is 0 Å². The van der Waals surface area contributed by atoms with Crippen LogP contribution in [0.15, 0.2) is 12.1 Å². The van der Waals surface area contributed by atoms with E-state index in [9.17, 15) is 4.79 Å². The van der Waals surface area contributed by atoms with Gasteiger partial charge in [0, 0.05) is 11.6 Å². The van der Waals surface area contributed by atoms with E-state index in [2.05, 4.69) is 19.1 Å². The molecule has 0 spiro atoms. The van der Waals surface area contributed by atoms with Crippen molar-refractivity contribution in [1.29, 1.82) is 0 Å². The lowest BCUT2D eigenvalue weighted by Gasteiger charge is -2.26. The quantitative estimate of drug-likeness (QED) is 0.226. The van der Waals surface area contributed by atoms with Gasteiger partial charge < -0.3 is 4.74 Å². The van der Waals surface area contributed by atoms with Crippen LogP contribution in [0, 0.1) is 6.07 Å². The van der Waals surface area contributed by atoms with Crippen LogP contribution in [0.25, 0.3) is 0 Å². The minimum Gasteiger partial charge on any atom is -0.428 e. The molecule has 0 atom stereocenters. The first-order valence-corrected chi connectivity index (χ1v) is 12.0. The molecule has 0 N–H and O–H groups in total. The molecule has 0 heterocycles. The Hall–Kier alpha value is -1.31. The molecule has 0 aliphatic heterocycles. The summed E-state index contributed by atoms with van der Waals surface area (Å²) in [6, 6.07) is 7.30. The van der Waals surface area contributed by atoms with Crippen LogP contribution in [0.5, 0.6) is 5.75 Å². The summed E-state index contributed by atoms with van der Waals surface area (Å²) in [6.07, 6.45) is 22.6. The van der Waals surface area contributed by atoms with Crippen LogP contribution >= 0.6 is 0 Å². The summed E-state index contributed by atoms with van der Waals surface area (Å²) in [6.45, 7) is 2.84. The average Bonchev–Trinajstić information content (AvgIpc) is 2.73. The Kier molecular flexibility index (Phi) is 12.0. The van der Waals surface area contributed by atoms with Gasteiger partial charge in [-0.15, -0.1) is 0 Å². The molecule has 157 valence electrons. The Morgan fingerprint density at radius 3 is 2.14 bits per heavy atom. The van der Waals surface area contributed by atoms with Crippen molar-refractivity contribution < 1.29 is 9.53 Å². The van der Waals surface area contributed by atoms with E-state index >= 15 is 0 Å². The lowest BCUT2D eigenvalue weighted by molar-refractivity contribution is -0.120. The van der Waals surface area contributed by atoms with Gasteiger partial charge in [-0.25, -0.2) is 0 Å². The highest BCUT2D eigenvalue weighted by atomic mass is 16.5. The second-order valence-electron chi connectivity index (χ2n) is 8.58. The summed E-state index contributed by atoms with van der Waals surface area (Å²) in [7, 11) is 0. The monoisotopic (exact) mass is 385 g/mol. The van der Waals surface area contributed by atoms with E-state index in [0.29, 0.717) is 18.1 Å². The first-order valence-electron chi connectivity index (χ1n) is 12.0. The molecule has 2 rings (SSSR count). The Morgan fingerprint density at radius 1 is 0.929 bits per heavy atom. The van der Waals surface area contributed by atoms with Gasteiger partial charge in [-0.2, -0.15) is 0 Å². The molecule has 1 aromatic rings. The summed E-state index contributed by atoms with van der Waals surface area (Å²) >= 11 is 0. The Balaban J connectivity index is 1.71. The van der Waals surface area contributed by atoms with E-state index in [1.165, 1.54) is 114 Å². The fourth-order valence-electron chi connectivity index (χ4n) is 4.71. The van der Waals surface area contributed by atoms with Crippen molar-refractivity contribution in [3.05, 3.63) is 29.3 Å². The Bertz CT molecular complexity index is 531. The molecular weight excluding hydrogens is 344 g/mol. The normalized spacial score (nSPS) is 14.9. The van der Waals surface area contributed by atoms with Gasteiger partial charge in [0.15, 0.2) is 0 Å². The minimum atomic E-state index is 0.545. The van der Waals surface area contributed by atoms with Crippen molar-refractivity contribution in [2.75, 3.05) is 0 Å². The number of rotatable bonds is 15. The zero-order valence-corrected chi connectivity index (χ0v) is 18.1. The molecule has 2 nitrogen and oxygen atoms in total. The van der Waals surface area contributed by atoms with Gasteiger partial charge in [-0.05, 0) is 37.2 Å². The summed E-state index contributed by atoms with van der Waals surface area (Å²) < 4.78 is 5.30. The number of ether oxygens (including phenoxy) is 1. The van der Waals surface area contributed by atoms with E-state index in [1.807, 2.05) is 6.07 Å². The van der Waals surface area contributed by atoms with E-state index in [0.717, 1.165) is 6.42 Å². The third-order valence-electron chi connectivity index (χ3n) is 6.32. The summed E-state index contributed by atoms with van der Waals surface area (Å²) in [4.78, 5) is 10.9. The molecule has 2 heteroatoms. The standard InChI is InChI=1S/C26H41O2/c1-2-3-4-5-6-7-8-9-10-11-13-17-24-20-16-21-25(28-22-27)26(24)23-18-14-12-15-19-23/h16,20,22-23H,2-15,17-19H2,1H3. The molecule has 0 bridgehead atoms. The molecule has 1 aliphatic rings. The molecule has 0 amide bonds. The highest BCUT2D eigenvalue weighted by Crippen LogP contribution is 2.39. The van der Waals surface area contributed by atoms with Gasteiger partial charge >= 0.3 is 0 Å². The van der Waals surface area contributed by atoms with Crippen LogP contribution in [0.3, 0.4) is 0 Å². The van der Waals surface area contributed by atoms with Gasteiger partial charge in [0.05, 0.1) is 0 Å². The zero-order chi connectivity index (χ0) is 19.9. The number of benzene rings is 1. The van der Waals surface area contributed by atoms with E-state index < -0.39 is 0 Å². The van der Waals surface area contributed by atoms with E-state index in [-0.39, 0.29) is 0 Å². The topological polar surface area (TPSA) is 26.3 Å². The fourth-order valence-corrected chi connectivity index (χ4v) is 4.71. The third kappa shape index (κ3) is 8.37.